The number of anilines is 1. The fraction of sp³-hybridized carbons (Fsp3) is 0.273. The molecule has 12 heteroatoms. The first-order chi connectivity index (χ1) is 16.2. The molecular weight excluding hydrogens is 455 g/mol. The second-order valence-corrected chi connectivity index (χ2v) is 7.19. The average Bonchev–Trinajstić information content (AvgIpc) is 3.25. The molecule has 0 atom stereocenters. The van der Waals surface area contributed by atoms with E-state index in [4.69, 9.17) is 14.6 Å². The molecule has 1 aliphatic heterocycles. The number of pyridine rings is 1. The zero-order chi connectivity index (χ0) is 24.7. The van der Waals surface area contributed by atoms with Gasteiger partial charge in [-0.15, -0.1) is 0 Å². The number of carbonyl (C=O) groups is 2. The minimum atomic E-state index is -5.08. The molecule has 9 nitrogen and oxygen atoms in total. The first-order valence-electron chi connectivity index (χ1n) is 10.1. The molecule has 0 fully saturated rings. The Morgan fingerprint density at radius 1 is 1.24 bits per heavy atom. The van der Waals surface area contributed by atoms with Gasteiger partial charge in [-0.05, 0) is 24.3 Å². The minimum absolute atomic E-state index is 0.00400. The van der Waals surface area contributed by atoms with Crippen LogP contribution in [-0.2, 0) is 24.4 Å². The fourth-order valence-electron chi connectivity index (χ4n) is 3.20. The van der Waals surface area contributed by atoms with Gasteiger partial charge in [0.25, 0.3) is 5.91 Å². The number of nitrogens with one attached hydrogen (secondary N) is 2. The Labute approximate surface area is 192 Å². The Morgan fingerprint density at radius 3 is 2.59 bits per heavy atom. The quantitative estimate of drug-likeness (QED) is 0.516. The van der Waals surface area contributed by atoms with E-state index in [2.05, 4.69) is 20.5 Å². The molecule has 1 aromatic carbocycles. The molecule has 0 unspecified atom stereocenters. The maximum absolute atomic E-state index is 12.9. The number of alkyl halides is 3. The minimum Gasteiger partial charge on any atom is -0.487 e. The van der Waals surface area contributed by atoms with E-state index >= 15 is 0 Å². The third-order valence-corrected chi connectivity index (χ3v) is 4.93. The summed E-state index contributed by atoms with van der Waals surface area (Å²) < 4.78 is 37.6. The van der Waals surface area contributed by atoms with Crippen LogP contribution in [0.1, 0.15) is 27.3 Å². The number of fused-ring (bicyclic) bond motifs is 1. The molecule has 0 aliphatic carbocycles. The van der Waals surface area contributed by atoms with Crippen molar-refractivity contribution in [2.75, 3.05) is 18.9 Å². The number of aromatic nitrogens is 3. The van der Waals surface area contributed by atoms with Gasteiger partial charge in [0.15, 0.2) is 0 Å². The number of rotatable bonds is 5. The van der Waals surface area contributed by atoms with Crippen molar-refractivity contribution in [3.05, 3.63) is 71.2 Å². The maximum Gasteiger partial charge on any atom is 0.490 e. The Kier molecular flexibility index (Phi) is 7.71. The van der Waals surface area contributed by atoms with E-state index in [-0.39, 0.29) is 5.91 Å². The second kappa shape index (κ2) is 10.7. The first-order valence-corrected chi connectivity index (χ1v) is 10.1. The average molecular weight is 477 g/mol. The first kappa shape index (κ1) is 24.6. The molecule has 3 aromatic rings. The Morgan fingerprint density at radius 2 is 1.94 bits per heavy atom. The van der Waals surface area contributed by atoms with E-state index < -0.39 is 12.1 Å². The highest BCUT2D eigenvalue weighted by molar-refractivity contribution is 5.95. The van der Waals surface area contributed by atoms with Gasteiger partial charge in [-0.1, -0.05) is 18.2 Å². The predicted molar refractivity (Wildman–Crippen MR) is 115 cm³/mol. The van der Waals surface area contributed by atoms with Gasteiger partial charge in [-0.25, -0.2) is 9.78 Å². The van der Waals surface area contributed by atoms with Crippen LogP contribution in [0.15, 0.2) is 48.7 Å². The molecule has 180 valence electrons. The number of carboxylic acids is 1. The zero-order valence-electron chi connectivity index (χ0n) is 18.1. The molecule has 4 rings (SSSR count). The molecule has 34 heavy (non-hydrogen) atoms. The highest BCUT2D eigenvalue weighted by Gasteiger charge is 2.38. The number of benzene rings is 1. The van der Waals surface area contributed by atoms with E-state index in [0.717, 1.165) is 29.1 Å². The number of hydrogen-bond donors (Lipinski definition) is 3. The van der Waals surface area contributed by atoms with Crippen molar-refractivity contribution in [3.63, 3.8) is 0 Å². The number of hydrogen-bond acceptors (Lipinski definition) is 6. The van der Waals surface area contributed by atoms with Crippen LogP contribution < -0.4 is 10.1 Å². The Balaban J connectivity index is 0.000000406. The molecule has 0 saturated heterocycles. The van der Waals surface area contributed by atoms with E-state index in [0.29, 0.717) is 31.1 Å². The lowest BCUT2D eigenvalue weighted by Crippen LogP contribution is -2.36. The van der Waals surface area contributed by atoms with Crippen molar-refractivity contribution in [3.8, 4) is 5.75 Å². The fourth-order valence-corrected chi connectivity index (χ4v) is 3.20. The van der Waals surface area contributed by atoms with Crippen molar-refractivity contribution in [1.29, 1.82) is 0 Å². The third kappa shape index (κ3) is 6.24. The summed E-state index contributed by atoms with van der Waals surface area (Å²) in [6.07, 6.45) is -2.69. The summed E-state index contributed by atoms with van der Waals surface area (Å²) in [6.45, 7) is 1.55. The van der Waals surface area contributed by atoms with E-state index in [1.54, 1.807) is 25.4 Å². The molecule has 1 amide bonds. The van der Waals surface area contributed by atoms with Crippen molar-refractivity contribution in [2.24, 2.45) is 0 Å². The van der Waals surface area contributed by atoms with Crippen LogP contribution in [0.2, 0.25) is 0 Å². The number of ether oxygens (including phenoxy) is 1. The highest BCUT2D eigenvalue weighted by Crippen LogP contribution is 2.23. The standard InChI is InChI=1S/C20H21N5O2.C2HF3O2/c1-21-19-11-14(7-9-22-19)20(26)25-10-8-17-16(12-25)18(24-23-17)13-27-15-5-3-2-4-6-15;3-2(4,5)1(6)7/h2-7,9,11H,8,10,12-13H2,1H3,(H,21,22)(H,23,24);(H,6,7). The van der Waals surface area contributed by atoms with Crippen LogP contribution in [0.4, 0.5) is 19.0 Å². The summed E-state index contributed by atoms with van der Waals surface area (Å²) in [5.74, 6) is -1.28. The van der Waals surface area contributed by atoms with Crippen LogP contribution in [0.5, 0.6) is 5.75 Å². The summed E-state index contributed by atoms with van der Waals surface area (Å²) in [5, 5.41) is 17.6. The monoisotopic (exact) mass is 477 g/mol. The summed E-state index contributed by atoms with van der Waals surface area (Å²) >= 11 is 0. The number of carbonyl (C=O) groups excluding carboxylic acids is 1. The second-order valence-electron chi connectivity index (χ2n) is 7.19. The molecular formula is C22H22F3N5O4. The SMILES string of the molecule is CNc1cc(C(=O)N2CCc3[nH]nc(COc4ccccc4)c3C2)ccn1.O=C(O)C(F)(F)F. The van der Waals surface area contributed by atoms with Gasteiger partial charge in [-0.2, -0.15) is 18.3 Å². The Hall–Kier alpha value is -4.09. The normalized spacial score (nSPS) is 12.8. The number of aromatic amines is 1. The summed E-state index contributed by atoms with van der Waals surface area (Å²) in [4.78, 5) is 27.8. The number of amides is 1. The number of carboxylic acid groups (broad SMARTS) is 1. The molecule has 0 radical (unpaired) electrons. The Bertz CT molecular complexity index is 1140. The van der Waals surface area contributed by atoms with Gasteiger partial charge >= 0.3 is 12.1 Å². The third-order valence-electron chi connectivity index (χ3n) is 4.93. The molecule has 3 heterocycles. The lowest BCUT2D eigenvalue weighted by atomic mass is 10.0. The number of H-pyrrole nitrogens is 1. The van der Waals surface area contributed by atoms with Gasteiger partial charge in [0.05, 0.1) is 0 Å². The lowest BCUT2D eigenvalue weighted by Gasteiger charge is -2.27. The summed E-state index contributed by atoms with van der Waals surface area (Å²) in [6, 6.07) is 13.2. The number of para-hydroxylation sites is 1. The van der Waals surface area contributed by atoms with E-state index in [1.165, 1.54) is 0 Å². The van der Waals surface area contributed by atoms with Gasteiger partial charge in [0, 0.05) is 49.6 Å². The number of nitrogens with zero attached hydrogens (tertiary/aromatic N) is 3. The molecule has 0 spiro atoms. The van der Waals surface area contributed by atoms with Gasteiger partial charge in [0.1, 0.15) is 23.9 Å². The molecule has 2 aromatic heterocycles. The van der Waals surface area contributed by atoms with Crippen molar-refractivity contribution < 1.29 is 32.6 Å². The number of halogens is 3. The topological polar surface area (TPSA) is 120 Å². The van der Waals surface area contributed by atoms with Crippen molar-refractivity contribution in [1.82, 2.24) is 20.1 Å². The smallest absolute Gasteiger partial charge is 0.487 e. The summed E-state index contributed by atoms with van der Waals surface area (Å²) in [5.41, 5.74) is 3.60. The van der Waals surface area contributed by atoms with Crippen LogP contribution >= 0.6 is 0 Å². The molecule has 3 N–H and O–H groups in total. The zero-order valence-corrected chi connectivity index (χ0v) is 18.1. The highest BCUT2D eigenvalue weighted by atomic mass is 19.4. The van der Waals surface area contributed by atoms with Gasteiger partial charge < -0.3 is 20.1 Å². The van der Waals surface area contributed by atoms with Crippen LogP contribution in [-0.4, -0.2) is 56.8 Å². The van der Waals surface area contributed by atoms with E-state index in [9.17, 15) is 18.0 Å². The van der Waals surface area contributed by atoms with Crippen molar-refractivity contribution >= 4 is 17.7 Å². The van der Waals surface area contributed by atoms with Crippen LogP contribution in [0.3, 0.4) is 0 Å². The van der Waals surface area contributed by atoms with E-state index in [1.807, 2.05) is 35.2 Å². The van der Waals surface area contributed by atoms with Crippen LogP contribution in [0, 0.1) is 0 Å². The van der Waals surface area contributed by atoms with Gasteiger partial charge in [0.2, 0.25) is 0 Å². The molecule has 0 bridgehead atoms. The van der Waals surface area contributed by atoms with Crippen LogP contribution in [0.25, 0.3) is 0 Å². The number of aliphatic carboxylic acids is 1. The van der Waals surface area contributed by atoms with Gasteiger partial charge in [-0.3, -0.25) is 9.89 Å². The maximum atomic E-state index is 12.9. The lowest BCUT2D eigenvalue weighted by molar-refractivity contribution is -0.192. The molecule has 0 saturated carbocycles. The largest absolute Gasteiger partial charge is 0.490 e. The van der Waals surface area contributed by atoms with Crippen molar-refractivity contribution in [2.45, 2.75) is 25.7 Å². The molecule has 1 aliphatic rings. The summed E-state index contributed by atoms with van der Waals surface area (Å²) in [7, 11) is 1.79. The predicted octanol–water partition coefficient (Wildman–Crippen LogP) is 3.26.